The average molecular weight is 160 g/mol. The summed E-state index contributed by atoms with van der Waals surface area (Å²) in [5, 5.41) is -0.115. The number of unbranched alkanes of at least 4 members (excludes halogenated alkanes) is 1. The van der Waals surface area contributed by atoms with Gasteiger partial charge < -0.3 is 0 Å². The van der Waals surface area contributed by atoms with E-state index in [4.69, 9.17) is 0 Å². The SMILES string of the molecule is CCCCC(=O)SC(C)=O. The summed E-state index contributed by atoms with van der Waals surface area (Å²) in [7, 11) is 0. The third kappa shape index (κ3) is 5.82. The second-order valence-electron chi connectivity index (χ2n) is 2.07. The lowest BCUT2D eigenvalue weighted by molar-refractivity contribution is -0.112. The van der Waals surface area contributed by atoms with Crippen LogP contribution in [0.5, 0.6) is 0 Å². The van der Waals surface area contributed by atoms with Crippen molar-refractivity contribution in [1.29, 1.82) is 0 Å². The van der Waals surface area contributed by atoms with E-state index in [0.29, 0.717) is 6.42 Å². The van der Waals surface area contributed by atoms with Crippen LogP contribution in [0.15, 0.2) is 0 Å². The highest BCUT2D eigenvalue weighted by Gasteiger charge is 2.03. The van der Waals surface area contributed by atoms with Gasteiger partial charge in [0, 0.05) is 13.3 Å². The standard InChI is InChI=1S/C7H12O2S/c1-3-4-5-7(9)10-6(2)8/h3-5H2,1-2H3. The first-order chi connectivity index (χ1) is 4.66. The molecule has 0 unspecified atom stereocenters. The minimum absolute atomic E-state index is 0.00523. The predicted molar refractivity (Wildman–Crippen MR) is 42.8 cm³/mol. The molecule has 0 aliphatic carbocycles. The molecule has 0 N–H and O–H groups in total. The number of thioether (sulfide) groups is 1. The lowest BCUT2D eigenvalue weighted by Gasteiger charge is -1.93. The molecule has 3 heteroatoms. The second kappa shape index (κ2) is 5.47. The molecule has 0 saturated carbocycles. The maximum Gasteiger partial charge on any atom is 0.196 e. The third-order valence-electron chi connectivity index (χ3n) is 0.992. The van der Waals surface area contributed by atoms with Crippen LogP contribution < -0.4 is 0 Å². The molecule has 0 spiro atoms. The van der Waals surface area contributed by atoms with Crippen LogP contribution in [0.4, 0.5) is 0 Å². The average Bonchev–Trinajstić information content (AvgIpc) is 1.82. The molecule has 0 rings (SSSR count). The van der Waals surface area contributed by atoms with Crippen molar-refractivity contribution in [3.05, 3.63) is 0 Å². The maximum absolute atomic E-state index is 10.8. The number of carbonyl (C=O) groups is 2. The van der Waals surface area contributed by atoms with Crippen molar-refractivity contribution >= 4 is 22.0 Å². The molecule has 0 aliphatic rings. The van der Waals surface area contributed by atoms with Crippen molar-refractivity contribution in [2.45, 2.75) is 33.1 Å². The van der Waals surface area contributed by atoms with Gasteiger partial charge in [-0.05, 0) is 18.2 Å². The molecule has 0 atom stereocenters. The molecule has 0 aromatic carbocycles. The first-order valence-electron chi connectivity index (χ1n) is 3.38. The van der Waals surface area contributed by atoms with Gasteiger partial charge in [0.05, 0.1) is 0 Å². The summed E-state index contributed by atoms with van der Waals surface area (Å²) in [4.78, 5) is 21.1. The van der Waals surface area contributed by atoms with Gasteiger partial charge in [-0.15, -0.1) is 0 Å². The minimum atomic E-state index is -0.110. The van der Waals surface area contributed by atoms with Crippen LogP contribution >= 0.6 is 11.8 Å². The van der Waals surface area contributed by atoms with Crippen molar-refractivity contribution in [2.24, 2.45) is 0 Å². The van der Waals surface area contributed by atoms with Crippen LogP contribution in [0, 0.1) is 0 Å². The first kappa shape index (κ1) is 9.69. The molecule has 0 bridgehead atoms. The lowest BCUT2D eigenvalue weighted by Crippen LogP contribution is -1.94. The van der Waals surface area contributed by atoms with Crippen LogP contribution in [0.3, 0.4) is 0 Å². The van der Waals surface area contributed by atoms with Crippen LogP contribution in [-0.2, 0) is 9.59 Å². The fourth-order valence-electron chi connectivity index (χ4n) is 0.532. The van der Waals surface area contributed by atoms with Gasteiger partial charge in [-0.2, -0.15) is 0 Å². The molecule has 0 aromatic heterocycles. The van der Waals surface area contributed by atoms with Gasteiger partial charge in [0.15, 0.2) is 10.2 Å². The van der Waals surface area contributed by atoms with Gasteiger partial charge >= 0.3 is 0 Å². The van der Waals surface area contributed by atoms with Crippen molar-refractivity contribution in [3.63, 3.8) is 0 Å². The minimum Gasteiger partial charge on any atom is -0.287 e. The van der Waals surface area contributed by atoms with Crippen LogP contribution in [0.2, 0.25) is 0 Å². The Labute approximate surface area is 65.4 Å². The zero-order valence-electron chi connectivity index (χ0n) is 6.35. The number of hydrogen-bond donors (Lipinski definition) is 0. The predicted octanol–water partition coefficient (Wildman–Crippen LogP) is 1.98. The van der Waals surface area contributed by atoms with E-state index in [9.17, 15) is 9.59 Å². The molecule has 0 fully saturated rings. The lowest BCUT2D eigenvalue weighted by atomic mass is 10.3. The molecule has 0 amide bonds. The van der Waals surface area contributed by atoms with Crippen LogP contribution in [0.1, 0.15) is 33.1 Å². The zero-order chi connectivity index (χ0) is 7.98. The summed E-state index contributed by atoms with van der Waals surface area (Å²) in [6.07, 6.45) is 2.42. The van der Waals surface area contributed by atoms with Crippen molar-refractivity contribution in [2.75, 3.05) is 0 Å². The van der Waals surface area contributed by atoms with Gasteiger partial charge in [0.1, 0.15) is 0 Å². The van der Waals surface area contributed by atoms with Gasteiger partial charge in [0.2, 0.25) is 0 Å². The number of carbonyl (C=O) groups excluding carboxylic acids is 2. The molecule has 10 heavy (non-hydrogen) atoms. The molecule has 0 aliphatic heterocycles. The molecule has 0 aromatic rings. The summed E-state index contributed by atoms with van der Waals surface area (Å²) in [5.41, 5.74) is 0. The fraction of sp³-hybridized carbons (Fsp3) is 0.714. The summed E-state index contributed by atoms with van der Waals surface area (Å²) < 4.78 is 0. The second-order valence-corrected chi connectivity index (χ2v) is 3.30. The summed E-state index contributed by atoms with van der Waals surface area (Å²) in [5.74, 6) is 0. The smallest absolute Gasteiger partial charge is 0.196 e. The van der Waals surface area contributed by atoms with E-state index in [1.807, 2.05) is 6.92 Å². The normalized spacial score (nSPS) is 9.40. The highest BCUT2D eigenvalue weighted by atomic mass is 32.2. The van der Waals surface area contributed by atoms with E-state index < -0.39 is 0 Å². The topological polar surface area (TPSA) is 34.1 Å². The summed E-state index contributed by atoms with van der Waals surface area (Å²) >= 11 is 0.817. The zero-order valence-corrected chi connectivity index (χ0v) is 7.16. The monoisotopic (exact) mass is 160 g/mol. The van der Waals surface area contributed by atoms with Crippen molar-refractivity contribution < 1.29 is 9.59 Å². The third-order valence-corrected chi connectivity index (χ3v) is 1.71. The van der Waals surface area contributed by atoms with E-state index >= 15 is 0 Å². The summed E-state index contributed by atoms with van der Waals surface area (Å²) in [6, 6.07) is 0. The quantitative estimate of drug-likeness (QED) is 0.633. The molecular weight excluding hydrogens is 148 g/mol. The molecule has 0 radical (unpaired) electrons. The van der Waals surface area contributed by atoms with Gasteiger partial charge in [-0.3, -0.25) is 9.59 Å². The Morgan fingerprint density at radius 1 is 1.40 bits per heavy atom. The van der Waals surface area contributed by atoms with Crippen LogP contribution in [0.25, 0.3) is 0 Å². The van der Waals surface area contributed by atoms with Gasteiger partial charge in [-0.25, -0.2) is 0 Å². The highest BCUT2D eigenvalue weighted by Crippen LogP contribution is 2.08. The van der Waals surface area contributed by atoms with Gasteiger partial charge in [0.25, 0.3) is 0 Å². The Bertz CT molecular complexity index is 132. The molecule has 0 saturated heterocycles. The Kier molecular flexibility index (Phi) is 5.30. The Morgan fingerprint density at radius 2 is 2.00 bits per heavy atom. The van der Waals surface area contributed by atoms with E-state index in [0.717, 1.165) is 24.6 Å². The van der Waals surface area contributed by atoms with Gasteiger partial charge in [-0.1, -0.05) is 13.3 Å². The number of rotatable bonds is 3. The maximum atomic E-state index is 10.8. The van der Waals surface area contributed by atoms with Crippen molar-refractivity contribution in [1.82, 2.24) is 0 Å². The van der Waals surface area contributed by atoms with Crippen LogP contribution in [-0.4, -0.2) is 10.2 Å². The molecule has 2 nitrogen and oxygen atoms in total. The Morgan fingerprint density at radius 3 is 2.40 bits per heavy atom. The largest absolute Gasteiger partial charge is 0.287 e. The summed E-state index contributed by atoms with van der Waals surface area (Å²) in [6.45, 7) is 3.43. The van der Waals surface area contributed by atoms with E-state index in [1.54, 1.807) is 0 Å². The molecule has 0 heterocycles. The fourth-order valence-corrected chi connectivity index (χ4v) is 1.10. The van der Waals surface area contributed by atoms with Crippen molar-refractivity contribution in [3.8, 4) is 0 Å². The van der Waals surface area contributed by atoms with E-state index in [2.05, 4.69) is 0 Å². The number of hydrogen-bond acceptors (Lipinski definition) is 3. The molecule has 58 valence electrons. The van der Waals surface area contributed by atoms with E-state index in [1.165, 1.54) is 6.92 Å². The Hall–Kier alpha value is -0.310. The molecular formula is C7H12O2S. The Balaban J connectivity index is 3.35. The van der Waals surface area contributed by atoms with E-state index in [-0.39, 0.29) is 10.2 Å². The first-order valence-corrected chi connectivity index (χ1v) is 4.19. The highest BCUT2D eigenvalue weighted by molar-refractivity contribution is 8.26.